The minimum absolute atomic E-state index is 0.104. The summed E-state index contributed by atoms with van der Waals surface area (Å²) in [5.74, 6) is 0.759. The molecular weight excluding hydrogens is 282 g/mol. The summed E-state index contributed by atoms with van der Waals surface area (Å²) in [7, 11) is -3.22. The zero-order chi connectivity index (χ0) is 15.8. The quantitative estimate of drug-likeness (QED) is 0.933. The number of benzene rings is 1. The summed E-state index contributed by atoms with van der Waals surface area (Å²) >= 11 is 0. The van der Waals surface area contributed by atoms with E-state index in [1.54, 1.807) is 0 Å². The van der Waals surface area contributed by atoms with Crippen LogP contribution in [0.25, 0.3) is 0 Å². The first-order valence-corrected chi connectivity index (χ1v) is 9.45. The largest absolute Gasteiger partial charge is 0.327 e. The van der Waals surface area contributed by atoms with Crippen molar-refractivity contribution in [2.75, 3.05) is 0 Å². The van der Waals surface area contributed by atoms with E-state index < -0.39 is 15.1 Å². The molecule has 2 N–H and O–H groups in total. The van der Waals surface area contributed by atoms with Gasteiger partial charge in [-0.1, -0.05) is 43.2 Å². The highest BCUT2D eigenvalue weighted by molar-refractivity contribution is 7.91. The van der Waals surface area contributed by atoms with Gasteiger partial charge < -0.3 is 5.73 Å². The number of nitrogens with two attached hydrogens (primary N) is 1. The minimum Gasteiger partial charge on any atom is -0.327 e. The average Bonchev–Trinajstić information content (AvgIpc) is 2.23. The van der Waals surface area contributed by atoms with Crippen LogP contribution in [0.4, 0.5) is 0 Å². The van der Waals surface area contributed by atoms with Gasteiger partial charge in [0.1, 0.15) is 0 Å². The van der Waals surface area contributed by atoms with Gasteiger partial charge >= 0.3 is 0 Å². The number of hydrogen-bond acceptors (Lipinski definition) is 3. The summed E-state index contributed by atoms with van der Waals surface area (Å²) in [6, 6.07) is 5.75. The topological polar surface area (TPSA) is 60.2 Å². The Bertz CT molecular complexity index is 577. The fourth-order valence-corrected chi connectivity index (χ4v) is 6.27. The van der Waals surface area contributed by atoms with E-state index in [1.807, 2.05) is 32.9 Å². The Labute approximate surface area is 128 Å². The predicted octanol–water partition coefficient (Wildman–Crippen LogP) is 2.98. The van der Waals surface area contributed by atoms with E-state index in [4.69, 9.17) is 5.73 Å². The number of sulfone groups is 1. The van der Waals surface area contributed by atoms with Crippen molar-refractivity contribution in [3.63, 3.8) is 0 Å². The van der Waals surface area contributed by atoms with E-state index in [9.17, 15) is 8.42 Å². The van der Waals surface area contributed by atoms with Crippen LogP contribution in [0.2, 0.25) is 0 Å². The lowest BCUT2D eigenvalue weighted by molar-refractivity contribution is 0.271. The van der Waals surface area contributed by atoms with Crippen molar-refractivity contribution in [3.8, 4) is 0 Å². The van der Waals surface area contributed by atoms with Gasteiger partial charge in [0.15, 0.2) is 9.84 Å². The van der Waals surface area contributed by atoms with Crippen LogP contribution in [0.5, 0.6) is 0 Å². The summed E-state index contributed by atoms with van der Waals surface area (Å²) in [5.41, 5.74) is 9.27. The lowest BCUT2D eigenvalue weighted by atomic mass is 9.80. The SMILES string of the molecule is Cc1cc(C)cc(CS(=O)(=O)C2C(C)CC(C)CC2N)c1. The maximum absolute atomic E-state index is 12.8. The first kappa shape index (κ1) is 16.5. The molecule has 0 aliphatic heterocycles. The molecule has 0 heterocycles. The molecule has 1 fully saturated rings. The third-order valence-corrected chi connectivity index (χ3v) is 6.87. The molecule has 4 unspecified atom stereocenters. The van der Waals surface area contributed by atoms with Crippen LogP contribution in [-0.4, -0.2) is 19.7 Å². The van der Waals surface area contributed by atoms with Crippen molar-refractivity contribution in [2.24, 2.45) is 17.6 Å². The Kier molecular flexibility index (Phi) is 4.79. The molecule has 0 aromatic heterocycles. The van der Waals surface area contributed by atoms with E-state index in [0.717, 1.165) is 29.5 Å². The van der Waals surface area contributed by atoms with Gasteiger partial charge in [-0.25, -0.2) is 8.42 Å². The van der Waals surface area contributed by atoms with Crippen LogP contribution < -0.4 is 5.73 Å². The summed E-state index contributed by atoms with van der Waals surface area (Å²) in [5, 5.41) is -0.408. The summed E-state index contributed by atoms with van der Waals surface area (Å²) < 4.78 is 25.7. The monoisotopic (exact) mass is 309 g/mol. The molecular formula is C17H27NO2S. The van der Waals surface area contributed by atoms with Gasteiger partial charge in [-0.05, 0) is 44.1 Å². The second-order valence-electron chi connectivity index (χ2n) is 6.99. The maximum Gasteiger partial charge on any atom is 0.159 e. The third kappa shape index (κ3) is 3.86. The Hall–Kier alpha value is -0.870. The Balaban J connectivity index is 2.25. The molecule has 0 amide bonds. The highest BCUT2D eigenvalue weighted by Crippen LogP contribution is 2.33. The van der Waals surface area contributed by atoms with Crippen LogP contribution in [0, 0.1) is 25.7 Å². The molecule has 1 aliphatic rings. The first-order chi connectivity index (χ1) is 9.69. The molecule has 0 saturated heterocycles. The number of hydrogen-bond donors (Lipinski definition) is 1. The van der Waals surface area contributed by atoms with Crippen LogP contribution in [0.3, 0.4) is 0 Å². The number of rotatable bonds is 3. The van der Waals surface area contributed by atoms with E-state index in [0.29, 0.717) is 5.92 Å². The molecule has 0 bridgehead atoms. The van der Waals surface area contributed by atoms with Gasteiger partial charge in [-0.3, -0.25) is 0 Å². The normalized spacial score (nSPS) is 30.3. The molecule has 1 aromatic rings. The van der Waals surface area contributed by atoms with Crippen molar-refractivity contribution in [3.05, 3.63) is 34.9 Å². The van der Waals surface area contributed by atoms with E-state index >= 15 is 0 Å². The van der Waals surface area contributed by atoms with Gasteiger partial charge in [-0.15, -0.1) is 0 Å². The van der Waals surface area contributed by atoms with Crippen molar-refractivity contribution in [2.45, 2.75) is 57.6 Å². The molecule has 4 heteroatoms. The second kappa shape index (κ2) is 6.09. The fourth-order valence-electron chi connectivity index (χ4n) is 3.99. The first-order valence-electron chi connectivity index (χ1n) is 7.73. The van der Waals surface area contributed by atoms with Crippen molar-refractivity contribution < 1.29 is 8.42 Å². The second-order valence-corrected chi connectivity index (χ2v) is 9.14. The zero-order valence-corrected chi connectivity index (χ0v) is 14.3. The van der Waals surface area contributed by atoms with E-state index in [-0.39, 0.29) is 17.7 Å². The lowest BCUT2D eigenvalue weighted by Crippen LogP contribution is -2.49. The molecule has 1 aromatic carbocycles. The van der Waals surface area contributed by atoms with E-state index in [1.165, 1.54) is 0 Å². The lowest BCUT2D eigenvalue weighted by Gasteiger charge is -2.37. The molecule has 3 nitrogen and oxygen atoms in total. The van der Waals surface area contributed by atoms with Crippen molar-refractivity contribution >= 4 is 9.84 Å². The van der Waals surface area contributed by atoms with Crippen molar-refractivity contribution in [1.29, 1.82) is 0 Å². The zero-order valence-electron chi connectivity index (χ0n) is 13.5. The van der Waals surface area contributed by atoms with E-state index in [2.05, 4.69) is 13.0 Å². The van der Waals surface area contributed by atoms with Crippen LogP contribution in [0.15, 0.2) is 18.2 Å². The third-order valence-electron chi connectivity index (χ3n) is 4.50. The van der Waals surface area contributed by atoms with Gasteiger partial charge in [0.2, 0.25) is 0 Å². The van der Waals surface area contributed by atoms with Crippen LogP contribution in [0.1, 0.15) is 43.4 Å². The average molecular weight is 309 g/mol. The molecule has 118 valence electrons. The number of aryl methyl sites for hydroxylation is 2. The molecule has 1 saturated carbocycles. The van der Waals surface area contributed by atoms with Gasteiger partial charge in [0, 0.05) is 6.04 Å². The highest BCUT2D eigenvalue weighted by Gasteiger charge is 2.40. The molecule has 2 rings (SSSR count). The highest BCUT2D eigenvalue weighted by atomic mass is 32.2. The Morgan fingerprint density at radius 1 is 1.10 bits per heavy atom. The molecule has 4 atom stereocenters. The molecule has 0 spiro atoms. The summed E-state index contributed by atoms with van der Waals surface area (Å²) in [6.45, 7) is 8.18. The summed E-state index contributed by atoms with van der Waals surface area (Å²) in [4.78, 5) is 0. The van der Waals surface area contributed by atoms with Crippen LogP contribution >= 0.6 is 0 Å². The van der Waals surface area contributed by atoms with Crippen molar-refractivity contribution in [1.82, 2.24) is 0 Å². The van der Waals surface area contributed by atoms with Gasteiger partial charge in [-0.2, -0.15) is 0 Å². The Morgan fingerprint density at radius 2 is 1.67 bits per heavy atom. The molecule has 1 aliphatic carbocycles. The smallest absolute Gasteiger partial charge is 0.159 e. The maximum atomic E-state index is 12.8. The molecule has 21 heavy (non-hydrogen) atoms. The standard InChI is InChI=1S/C17H27NO2S/c1-11-5-12(2)8-15(7-11)10-21(19,20)17-14(4)6-13(3)9-16(17)18/h5,7-8,13-14,16-17H,6,9-10,18H2,1-4H3. The van der Waals surface area contributed by atoms with Gasteiger partial charge in [0.05, 0.1) is 11.0 Å². The van der Waals surface area contributed by atoms with Gasteiger partial charge in [0.25, 0.3) is 0 Å². The minimum atomic E-state index is -3.22. The Morgan fingerprint density at radius 3 is 2.19 bits per heavy atom. The summed E-state index contributed by atoms with van der Waals surface area (Å²) in [6.07, 6.45) is 1.76. The molecule has 0 radical (unpaired) electrons. The predicted molar refractivity (Wildman–Crippen MR) is 87.9 cm³/mol. The van der Waals surface area contributed by atoms with Crippen LogP contribution in [-0.2, 0) is 15.6 Å². The fraction of sp³-hybridized carbons (Fsp3) is 0.647.